The molecule has 462 valence electrons. The van der Waals surface area contributed by atoms with Gasteiger partial charge in [-0.3, -0.25) is 88.2 Å². The second kappa shape index (κ2) is 30.8. The van der Waals surface area contributed by atoms with E-state index in [0.717, 1.165) is 27.2 Å². The van der Waals surface area contributed by atoms with Crippen LogP contribution in [0.4, 0.5) is 20.6 Å². The van der Waals surface area contributed by atoms with Gasteiger partial charge in [0.1, 0.15) is 29.5 Å². The average Bonchev–Trinajstić information content (AvgIpc) is 3.87. The number of imide groups is 6. The molecule has 13 amide bonds. The highest BCUT2D eigenvalue weighted by Gasteiger charge is 2.48. The molecule has 3 unspecified atom stereocenters. The molecule has 0 saturated carbocycles. The van der Waals surface area contributed by atoms with E-state index in [-0.39, 0.29) is 71.9 Å². The van der Waals surface area contributed by atoms with Crippen LogP contribution < -0.4 is 43.4 Å². The van der Waals surface area contributed by atoms with Crippen LogP contribution in [0.5, 0.6) is 0 Å². The lowest BCUT2D eigenvalue weighted by molar-refractivity contribution is -0.137. The van der Waals surface area contributed by atoms with E-state index in [1.807, 2.05) is 27.7 Å². The van der Waals surface area contributed by atoms with Gasteiger partial charge in [-0.05, 0) is 82.9 Å². The summed E-state index contributed by atoms with van der Waals surface area (Å²) in [4.78, 5) is 159. The van der Waals surface area contributed by atoms with Gasteiger partial charge in [0.25, 0.3) is 35.4 Å². The molecule has 0 spiro atoms. The summed E-state index contributed by atoms with van der Waals surface area (Å²) in [5, 5.41) is 15.2. The average molecular weight is 1200 g/mol. The predicted octanol–water partition coefficient (Wildman–Crippen LogP) is 1.11. The Morgan fingerprint density at radius 2 is 0.884 bits per heavy atom. The fourth-order valence-electron chi connectivity index (χ4n) is 9.47. The molecular weight excluding hydrogens is 1130 g/mol. The number of nitrogens with one attached hydrogen (secondary N) is 6. The number of benzene rings is 3. The molecular formula is C57H70FN11O17. The number of halogens is 1. The van der Waals surface area contributed by atoms with Crippen molar-refractivity contribution in [1.29, 1.82) is 0 Å². The highest BCUT2D eigenvalue weighted by atomic mass is 19.1. The van der Waals surface area contributed by atoms with Crippen LogP contribution in [-0.4, -0.2) is 188 Å². The lowest BCUT2D eigenvalue weighted by atomic mass is 10.0. The Balaban J connectivity index is 0.000000188. The summed E-state index contributed by atoms with van der Waals surface area (Å²) in [6.45, 7) is 12.7. The number of carbonyl (C=O) groups excluding carboxylic acids is 13. The smallest absolute Gasteiger partial charge is 0.407 e. The maximum absolute atomic E-state index is 13.7. The van der Waals surface area contributed by atoms with E-state index in [1.165, 1.54) is 12.1 Å². The molecule has 3 aromatic carbocycles. The Bertz CT molecular complexity index is 3000. The molecule has 3 fully saturated rings. The maximum atomic E-state index is 13.7. The van der Waals surface area contributed by atoms with Gasteiger partial charge in [-0.15, -0.1) is 0 Å². The quantitative estimate of drug-likeness (QED) is 0.0580. The molecule has 28 nitrogen and oxygen atoms in total. The third-order valence-corrected chi connectivity index (χ3v) is 13.3. The number of carbonyl (C=O) groups is 13. The van der Waals surface area contributed by atoms with E-state index in [2.05, 4.69) is 31.9 Å². The molecule has 10 N–H and O–H groups in total. The second-order valence-corrected chi connectivity index (χ2v) is 20.7. The van der Waals surface area contributed by atoms with Crippen LogP contribution >= 0.6 is 0 Å². The van der Waals surface area contributed by atoms with Crippen molar-refractivity contribution in [3.8, 4) is 0 Å². The first-order valence-corrected chi connectivity index (χ1v) is 27.8. The van der Waals surface area contributed by atoms with Crippen molar-refractivity contribution >= 4 is 88.4 Å². The number of anilines is 2. The minimum absolute atomic E-state index is 0.0340. The first-order valence-electron chi connectivity index (χ1n) is 27.8. The molecule has 0 radical (unpaired) electrons. The normalized spacial score (nSPS) is 18.8. The van der Waals surface area contributed by atoms with E-state index in [9.17, 15) is 66.7 Å². The maximum Gasteiger partial charge on any atom is 0.407 e. The van der Waals surface area contributed by atoms with Crippen LogP contribution in [0.25, 0.3) is 0 Å². The fraction of sp³-hybridized carbons (Fsp3) is 0.456. The molecule has 29 heteroatoms. The van der Waals surface area contributed by atoms with Crippen LogP contribution in [-0.2, 0) is 47.7 Å². The van der Waals surface area contributed by atoms with Gasteiger partial charge in [-0.2, -0.15) is 0 Å². The van der Waals surface area contributed by atoms with E-state index in [4.69, 9.17) is 30.4 Å². The van der Waals surface area contributed by atoms with Gasteiger partial charge in [-0.1, -0.05) is 25.1 Å². The number of nitrogens with two attached hydrogens (primary N) is 2. The largest absolute Gasteiger partial charge is 0.444 e. The van der Waals surface area contributed by atoms with Gasteiger partial charge in [0, 0.05) is 70.0 Å². The van der Waals surface area contributed by atoms with Crippen molar-refractivity contribution in [1.82, 2.24) is 36.0 Å². The molecule has 86 heavy (non-hydrogen) atoms. The second-order valence-electron chi connectivity index (χ2n) is 20.7. The summed E-state index contributed by atoms with van der Waals surface area (Å²) in [6, 6.07) is 10.6. The number of ether oxygens (including phenoxy) is 4. The Labute approximate surface area is 493 Å². The number of alkyl carbamates (subject to hydrolysis) is 1. The van der Waals surface area contributed by atoms with Crippen molar-refractivity contribution < 1.29 is 85.7 Å². The SMILES string of the molecule is CC(C)(C)OC(=O)NCCOCCN.CCCOCCNc1cccc2c1C(=O)N(C1CCC(=O)NC1=O)C2=O.NCCOCCNc1cccc2c1C(=O)N(C1CCC(=O)NC1=O)C2=O.O=C1CCC(N2C(=O)c3cccc(F)c3C2=O)C(=O)N1. The van der Waals surface area contributed by atoms with Crippen LogP contribution in [0.2, 0.25) is 0 Å². The lowest BCUT2D eigenvalue weighted by Crippen LogP contribution is -2.54. The predicted molar refractivity (Wildman–Crippen MR) is 301 cm³/mol. The monoisotopic (exact) mass is 1200 g/mol. The molecule has 0 aromatic heterocycles. The summed E-state index contributed by atoms with van der Waals surface area (Å²) in [5.74, 6) is -7.62. The zero-order valence-corrected chi connectivity index (χ0v) is 48.0. The van der Waals surface area contributed by atoms with Gasteiger partial charge in [0.15, 0.2) is 0 Å². The summed E-state index contributed by atoms with van der Waals surface area (Å²) >= 11 is 0. The molecule has 3 saturated heterocycles. The number of piperidine rings is 3. The zero-order valence-electron chi connectivity index (χ0n) is 48.0. The number of nitrogens with zero attached hydrogens (tertiary/aromatic N) is 3. The minimum atomic E-state index is -1.07. The van der Waals surface area contributed by atoms with Crippen LogP contribution in [0.3, 0.4) is 0 Å². The summed E-state index contributed by atoms with van der Waals surface area (Å²) in [6.07, 6.45) is 1.06. The Hall–Kier alpha value is -8.90. The molecule has 0 bridgehead atoms. The number of hydrogen-bond acceptors (Lipinski definition) is 21. The summed E-state index contributed by atoms with van der Waals surface area (Å²) in [7, 11) is 0. The molecule has 3 aromatic rings. The number of rotatable bonds is 20. The number of hydrogen-bond donors (Lipinski definition) is 8. The Kier molecular flexibility index (Phi) is 23.7. The van der Waals surface area contributed by atoms with Gasteiger partial charge in [-0.25, -0.2) is 9.18 Å². The zero-order chi connectivity index (χ0) is 62.8. The Morgan fingerprint density at radius 3 is 1.24 bits per heavy atom. The lowest BCUT2D eigenvalue weighted by Gasteiger charge is -2.27. The molecule has 3 atom stereocenters. The summed E-state index contributed by atoms with van der Waals surface area (Å²) in [5.41, 5.74) is 11.8. The van der Waals surface area contributed by atoms with Crippen LogP contribution in [0, 0.1) is 5.82 Å². The highest BCUT2D eigenvalue weighted by molar-refractivity contribution is 6.27. The van der Waals surface area contributed by atoms with Gasteiger partial charge < -0.3 is 46.4 Å². The number of amides is 13. The Morgan fingerprint density at radius 1 is 0.523 bits per heavy atom. The van der Waals surface area contributed by atoms with Crippen LogP contribution in [0.1, 0.15) is 135 Å². The molecule has 6 heterocycles. The molecule has 9 rings (SSSR count). The minimum Gasteiger partial charge on any atom is -0.444 e. The molecule has 6 aliphatic heterocycles. The fourth-order valence-corrected chi connectivity index (χ4v) is 9.47. The third kappa shape index (κ3) is 16.5. The highest BCUT2D eigenvalue weighted by Crippen LogP contribution is 2.34. The summed E-state index contributed by atoms with van der Waals surface area (Å²) < 4.78 is 34.4. The standard InChI is InChI=1S/C18H21N3O5.C17H20N4O5.C13H9FN2O4.C9H20N2O3/c1-2-9-26-10-8-19-12-5-3-4-11-15(12)18(25)21(17(11)24)13-6-7-14(22)20-16(13)23;18-6-8-26-9-7-19-11-3-1-2-10-14(11)17(25)21(16(10)24)12-4-5-13(22)20-15(12)23;14-7-3-1-2-6-10(7)13(20)16(12(6)19)8-4-5-9(17)15-11(8)18;1-9(2,3)14-8(12)11-5-7-13-6-4-10/h3-5,13,19H,2,6-10H2,1H3,(H,20,22,23);1-3,12,19H,4-9,18H2,(H,20,22,23);1-3,8H,4-5H2,(H,15,17,18);4-7,10H2,1-3H3,(H,11,12). The first-order chi connectivity index (χ1) is 41.0. The van der Waals surface area contributed by atoms with E-state index in [0.29, 0.717) is 83.7 Å². The van der Waals surface area contributed by atoms with Gasteiger partial charge in [0.05, 0.1) is 66.4 Å². The third-order valence-electron chi connectivity index (χ3n) is 13.3. The van der Waals surface area contributed by atoms with Crippen LogP contribution in [0.15, 0.2) is 54.6 Å². The van der Waals surface area contributed by atoms with Gasteiger partial charge >= 0.3 is 6.09 Å². The van der Waals surface area contributed by atoms with Crippen molar-refractivity contribution in [2.24, 2.45) is 11.5 Å². The molecule has 0 aliphatic carbocycles. The van der Waals surface area contributed by atoms with Crippen molar-refractivity contribution in [2.75, 3.05) is 83.0 Å². The van der Waals surface area contributed by atoms with Gasteiger partial charge in [0.2, 0.25) is 35.4 Å². The van der Waals surface area contributed by atoms with E-state index < -0.39 is 107 Å². The van der Waals surface area contributed by atoms with Crippen molar-refractivity contribution in [3.05, 3.63) is 93.8 Å². The van der Waals surface area contributed by atoms with Crippen molar-refractivity contribution in [3.63, 3.8) is 0 Å². The van der Waals surface area contributed by atoms with E-state index >= 15 is 0 Å². The van der Waals surface area contributed by atoms with Crippen molar-refractivity contribution in [2.45, 2.75) is 96.4 Å². The molecule has 6 aliphatic rings. The van der Waals surface area contributed by atoms with E-state index in [1.54, 1.807) is 36.4 Å². The topological polar surface area (TPSA) is 393 Å². The first kappa shape index (κ1) is 66.2. The number of fused-ring (bicyclic) bond motifs is 3.